The van der Waals surface area contributed by atoms with E-state index in [-0.39, 0.29) is 31.1 Å². The molecule has 2 aliphatic rings. The number of aromatic hydroxyl groups is 1. The van der Waals surface area contributed by atoms with Gasteiger partial charge in [0.25, 0.3) is 0 Å². The summed E-state index contributed by atoms with van der Waals surface area (Å²) in [5, 5.41) is 10.2. The SMILES string of the molecule is C[N+](C)(C)C1CC[C@@H](OC(=O)[C@@H](c2ccccc2O)[C@@H]2CCC(F)(F)C2)C1. The molecular weight excluding hydrogens is 352 g/mol. The average Bonchev–Trinajstić information content (AvgIpc) is 3.16. The van der Waals surface area contributed by atoms with E-state index < -0.39 is 23.7 Å². The van der Waals surface area contributed by atoms with Crippen LogP contribution in [0.15, 0.2) is 24.3 Å². The molecule has 0 bridgehead atoms. The van der Waals surface area contributed by atoms with Gasteiger partial charge in [-0.1, -0.05) is 18.2 Å². The van der Waals surface area contributed by atoms with E-state index in [0.29, 0.717) is 11.6 Å². The van der Waals surface area contributed by atoms with Gasteiger partial charge >= 0.3 is 5.97 Å². The van der Waals surface area contributed by atoms with E-state index in [4.69, 9.17) is 4.74 Å². The lowest BCUT2D eigenvalue weighted by atomic mass is 9.84. The molecule has 1 N–H and O–H groups in total. The van der Waals surface area contributed by atoms with Crippen LogP contribution in [0.5, 0.6) is 5.75 Å². The molecule has 1 unspecified atom stereocenters. The van der Waals surface area contributed by atoms with E-state index in [2.05, 4.69) is 21.1 Å². The van der Waals surface area contributed by atoms with Crippen molar-refractivity contribution < 1.29 is 27.9 Å². The fraction of sp³-hybridized carbons (Fsp3) is 0.667. The van der Waals surface area contributed by atoms with Gasteiger partial charge in [-0.15, -0.1) is 0 Å². The second kappa shape index (κ2) is 7.38. The van der Waals surface area contributed by atoms with Crippen molar-refractivity contribution in [3.63, 3.8) is 0 Å². The largest absolute Gasteiger partial charge is 0.508 e. The van der Waals surface area contributed by atoms with Crippen molar-refractivity contribution >= 4 is 5.97 Å². The third-order valence-electron chi connectivity index (χ3n) is 6.17. The summed E-state index contributed by atoms with van der Waals surface area (Å²) in [5.74, 6) is -4.63. The number of nitrogens with zero attached hydrogens (tertiary/aromatic N) is 1. The van der Waals surface area contributed by atoms with Crippen molar-refractivity contribution in [2.75, 3.05) is 21.1 Å². The number of hydrogen-bond acceptors (Lipinski definition) is 3. The Balaban J connectivity index is 1.77. The van der Waals surface area contributed by atoms with Crippen molar-refractivity contribution in [2.24, 2.45) is 5.92 Å². The van der Waals surface area contributed by atoms with Crippen LogP contribution >= 0.6 is 0 Å². The highest BCUT2D eigenvalue weighted by Gasteiger charge is 2.47. The quantitative estimate of drug-likeness (QED) is 0.617. The van der Waals surface area contributed by atoms with Gasteiger partial charge in [-0.25, -0.2) is 8.78 Å². The summed E-state index contributed by atoms with van der Waals surface area (Å²) in [5.41, 5.74) is 0.395. The molecule has 0 aromatic heterocycles. The van der Waals surface area contributed by atoms with E-state index in [1.165, 1.54) is 6.07 Å². The van der Waals surface area contributed by atoms with Crippen LogP contribution in [-0.2, 0) is 9.53 Å². The van der Waals surface area contributed by atoms with Crippen LogP contribution in [0.25, 0.3) is 0 Å². The Kier molecular flexibility index (Phi) is 5.48. The molecular formula is C21H30F2NO3+. The van der Waals surface area contributed by atoms with E-state index in [1.807, 2.05) is 0 Å². The van der Waals surface area contributed by atoms with Gasteiger partial charge in [0.15, 0.2) is 0 Å². The molecule has 2 fully saturated rings. The normalized spacial score (nSPS) is 28.9. The molecule has 4 atom stereocenters. The third-order valence-corrected chi connectivity index (χ3v) is 6.17. The van der Waals surface area contributed by atoms with Gasteiger partial charge in [-0.3, -0.25) is 4.79 Å². The van der Waals surface area contributed by atoms with E-state index in [9.17, 15) is 18.7 Å². The molecule has 27 heavy (non-hydrogen) atoms. The van der Waals surface area contributed by atoms with Gasteiger partial charge in [0, 0.05) is 31.2 Å². The summed E-state index contributed by atoms with van der Waals surface area (Å²) in [6.45, 7) is 0. The van der Waals surface area contributed by atoms with Crippen LogP contribution in [0.3, 0.4) is 0 Å². The maximum Gasteiger partial charge on any atom is 0.314 e. The molecule has 150 valence electrons. The smallest absolute Gasteiger partial charge is 0.314 e. The summed E-state index contributed by atoms with van der Waals surface area (Å²) in [7, 11) is 6.38. The lowest BCUT2D eigenvalue weighted by Gasteiger charge is -2.31. The summed E-state index contributed by atoms with van der Waals surface area (Å²) < 4.78 is 34.2. The molecule has 6 heteroatoms. The number of phenolic OH excluding ortho intramolecular Hbond substituents is 1. The maximum absolute atomic E-state index is 13.8. The van der Waals surface area contributed by atoms with Gasteiger partial charge in [-0.05, 0) is 24.8 Å². The minimum Gasteiger partial charge on any atom is -0.508 e. The average molecular weight is 382 g/mol. The van der Waals surface area contributed by atoms with Crippen LogP contribution in [0.4, 0.5) is 8.78 Å². The Labute approximate surface area is 159 Å². The zero-order valence-electron chi connectivity index (χ0n) is 16.3. The molecule has 2 saturated carbocycles. The number of rotatable bonds is 5. The predicted molar refractivity (Wildman–Crippen MR) is 98.7 cm³/mol. The standard InChI is InChI=1S/C21H29F2NO3/c1-24(2,3)15-8-9-16(12-15)27-20(26)19(14-10-11-21(22,23)13-14)17-6-4-5-7-18(17)25/h4-7,14-16,19H,8-13H2,1-3H3/p+1/t14-,15?,16-,19-/m1/s1. The number of hydrogen-bond donors (Lipinski definition) is 1. The molecule has 2 aliphatic carbocycles. The minimum atomic E-state index is -2.75. The molecule has 0 radical (unpaired) electrons. The fourth-order valence-electron chi connectivity index (χ4n) is 4.56. The maximum atomic E-state index is 13.8. The zero-order chi connectivity index (χ0) is 19.8. The van der Waals surface area contributed by atoms with Gasteiger partial charge in [0.1, 0.15) is 11.9 Å². The lowest BCUT2D eigenvalue weighted by molar-refractivity contribution is -0.895. The minimum absolute atomic E-state index is 0.0367. The first-order valence-corrected chi connectivity index (χ1v) is 9.74. The van der Waals surface area contributed by atoms with Crippen molar-refractivity contribution in [3.05, 3.63) is 29.8 Å². The van der Waals surface area contributed by atoms with Crippen LogP contribution in [0, 0.1) is 5.92 Å². The van der Waals surface area contributed by atoms with Gasteiger partial charge in [0.05, 0.1) is 33.1 Å². The molecule has 0 spiro atoms. The van der Waals surface area contributed by atoms with E-state index in [0.717, 1.165) is 23.7 Å². The lowest BCUT2D eigenvalue weighted by Crippen LogP contribution is -2.43. The van der Waals surface area contributed by atoms with Gasteiger partial charge in [0.2, 0.25) is 5.92 Å². The predicted octanol–water partition coefficient (Wildman–Crippen LogP) is 4.08. The number of quaternary nitrogens is 1. The van der Waals surface area contributed by atoms with Gasteiger partial charge in [-0.2, -0.15) is 0 Å². The van der Waals surface area contributed by atoms with Crippen molar-refractivity contribution in [1.82, 2.24) is 0 Å². The number of esters is 1. The second-order valence-corrected chi connectivity index (χ2v) is 9.04. The number of benzene rings is 1. The van der Waals surface area contributed by atoms with Gasteiger partial charge < -0.3 is 14.3 Å². The van der Waals surface area contributed by atoms with Crippen molar-refractivity contribution in [3.8, 4) is 5.75 Å². The highest BCUT2D eigenvalue weighted by Crippen LogP contribution is 2.47. The van der Waals surface area contributed by atoms with Crippen LogP contribution in [0.2, 0.25) is 0 Å². The highest BCUT2D eigenvalue weighted by atomic mass is 19.3. The fourth-order valence-corrected chi connectivity index (χ4v) is 4.56. The molecule has 0 heterocycles. The molecule has 0 aliphatic heterocycles. The van der Waals surface area contributed by atoms with Crippen LogP contribution in [0.1, 0.15) is 50.0 Å². The molecule has 3 rings (SSSR count). The summed E-state index contributed by atoms with van der Waals surface area (Å²) in [4.78, 5) is 13.0. The van der Waals surface area contributed by atoms with Crippen LogP contribution < -0.4 is 0 Å². The molecule has 0 saturated heterocycles. The Morgan fingerprint density at radius 2 is 1.93 bits per heavy atom. The molecule has 4 nitrogen and oxygen atoms in total. The van der Waals surface area contributed by atoms with Crippen LogP contribution in [-0.4, -0.2) is 54.8 Å². The second-order valence-electron chi connectivity index (χ2n) is 9.04. The number of phenols is 1. The highest BCUT2D eigenvalue weighted by molar-refractivity contribution is 5.80. The number of alkyl halides is 2. The summed E-state index contributed by atoms with van der Waals surface area (Å²) in [6.07, 6.45) is 2.06. The Morgan fingerprint density at radius 1 is 1.22 bits per heavy atom. The number of carbonyl (C=O) groups is 1. The number of halogens is 2. The van der Waals surface area contributed by atoms with Crippen molar-refractivity contribution in [2.45, 2.75) is 62.5 Å². The number of para-hydroxylation sites is 1. The third kappa shape index (κ3) is 4.60. The first kappa shape index (κ1) is 20.1. The first-order valence-electron chi connectivity index (χ1n) is 9.74. The Hall–Kier alpha value is -1.69. The van der Waals surface area contributed by atoms with E-state index >= 15 is 0 Å². The van der Waals surface area contributed by atoms with Crippen molar-refractivity contribution in [1.29, 1.82) is 0 Å². The first-order chi connectivity index (χ1) is 12.6. The molecule has 0 amide bonds. The Morgan fingerprint density at radius 3 is 2.48 bits per heavy atom. The monoisotopic (exact) mass is 382 g/mol. The van der Waals surface area contributed by atoms with E-state index in [1.54, 1.807) is 18.2 Å². The zero-order valence-corrected chi connectivity index (χ0v) is 16.3. The molecule has 1 aromatic carbocycles. The summed E-state index contributed by atoms with van der Waals surface area (Å²) >= 11 is 0. The summed E-state index contributed by atoms with van der Waals surface area (Å²) in [6, 6.07) is 6.92. The number of ether oxygens (including phenoxy) is 1. The number of carbonyl (C=O) groups excluding carboxylic acids is 1. The topological polar surface area (TPSA) is 46.5 Å². The Bertz CT molecular complexity index is 686. The molecule has 1 aromatic rings.